The van der Waals surface area contributed by atoms with Gasteiger partial charge in [-0.25, -0.2) is 9.18 Å². The number of halogens is 1. The quantitative estimate of drug-likeness (QED) is 0.709. The van der Waals surface area contributed by atoms with Gasteiger partial charge in [0.2, 0.25) is 5.91 Å². The second kappa shape index (κ2) is 9.41. The third-order valence-electron chi connectivity index (χ3n) is 5.03. The van der Waals surface area contributed by atoms with Crippen LogP contribution >= 0.6 is 0 Å². The Morgan fingerprint density at radius 3 is 2.72 bits per heavy atom. The summed E-state index contributed by atoms with van der Waals surface area (Å²) in [7, 11) is 0. The minimum Gasteiger partial charge on any atom is -0.442 e. The zero-order chi connectivity index (χ0) is 21.0. The molecule has 2 atom stereocenters. The third kappa shape index (κ3) is 5.36. The number of morpholine rings is 1. The fraction of sp³-hybridized carbons (Fsp3) is 0.600. The van der Waals surface area contributed by atoms with Crippen LogP contribution in [-0.4, -0.2) is 63.5 Å². The first-order valence-electron chi connectivity index (χ1n) is 9.99. The van der Waals surface area contributed by atoms with E-state index in [0.29, 0.717) is 50.0 Å². The molecule has 1 aromatic rings. The first-order valence-corrected chi connectivity index (χ1v) is 9.99. The van der Waals surface area contributed by atoms with E-state index in [9.17, 15) is 14.0 Å². The predicted octanol–water partition coefficient (Wildman–Crippen LogP) is 1.48. The fourth-order valence-electron chi connectivity index (χ4n) is 3.52. The Hall–Kier alpha value is -2.39. The molecule has 3 rings (SSSR count). The highest BCUT2D eigenvalue weighted by Gasteiger charge is 2.33. The average Bonchev–Trinajstić information content (AvgIpc) is 3.06. The second-order valence-corrected chi connectivity index (χ2v) is 7.83. The smallest absolute Gasteiger partial charge is 0.414 e. The van der Waals surface area contributed by atoms with Gasteiger partial charge in [-0.05, 0) is 30.5 Å². The number of nitrogens with two attached hydrogens (primary N) is 1. The van der Waals surface area contributed by atoms with Crippen molar-refractivity contribution in [3.63, 3.8) is 0 Å². The second-order valence-electron chi connectivity index (χ2n) is 7.83. The molecule has 8 nitrogen and oxygen atoms in total. The van der Waals surface area contributed by atoms with Gasteiger partial charge in [-0.3, -0.25) is 9.69 Å². The maximum absolute atomic E-state index is 14.6. The molecule has 0 bridgehead atoms. The predicted molar refractivity (Wildman–Crippen MR) is 107 cm³/mol. The molecular weight excluding hydrogens is 379 g/mol. The topological polar surface area (TPSA) is 97.1 Å². The number of nitrogens with one attached hydrogen (secondary N) is 1. The molecule has 160 valence electrons. The van der Waals surface area contributed by atoms with E-state index in [1.54, 1.807) is 12.1 Å². The first kappa shape index (κ1) is 21.3. The fourth-order valence-corrected chi connectivity index (χ4v) is 3.52. The Balaban J connectivity index is 1.57. The number of amides is 2. The third-order valence-corrected chi connectivity index (χ3v) is 5.03. The summed E-state index contributed by atoms with van der Waals surface area (Å²) in [5, 5.41) is 2.73. The molecule has 2 aliphatic rings. The van der Waals surface area contributed by atoms with Gasteiger partial charge in [-0.15, -0.1) is 0 Å². The van der Waals surface area contributed by atoms with Crippen LogP contribution in [0.4, 0.5) is 20.6 Å². The summed E-state index contributed by atoms with van der Waals surface area (Å²) in [6.07, 6.45) is -0.495. The first-order chi connectivity index (χ1) is 13.8. The van der Waals surface area contributed by atoms with Crippen LogP contribution in [0.3, 0.4) is 0 Å². The van der Waals surface area contributed by atoms with Crippen molar-refractivity contribution >= 4 is 23.4 Å². The molecule has 2 fully saturated rings. The van der Waals surface area contributed by atoms with Crippen molar-refractivity contribution in [1.29, 1.82) is 0 Å². The van der Waals surface area contributed by atoms with Crippen LogP contribution in [0.15, 0.2) is 18.2 Å². The molecule has 2 heterocycles. The highest BCUT2D eigenvalue weighted by Crippen LogP contribution is 2.28. The number of carbonyl (C=O) groups excluding carboxylic acids is 2. The van der Waals surface area contributed by atoms with Crippen molar-refractivity contribution in [3.8, 4) is 0 Å². The van der Waals surface area contributed by atoms with Gasteiger partial charge in [0, 0.05) is 13.1 Å². The Morgan fingerprint density at radius 2 is 2.07 bits per heavy atom. The number of benzene rings is 1. The number of carbonyl (C=O) groups is 2. The van der Waals surface area contributed by atoms with Gasteiger partial charge < -0.3 is 25.4 Å². The van der Waals surface area contributed by atoms with Crippen LogP contribution in [-0.2, 0) is 14.3 Å². The Bertz CT molecular complexity index is 739. The van der Waals surface area contributed by atoms with Crippen LogP contribution in [0.1, 0.15) is 20.3 Å². The molecule has 1 aromatic carbocycles. The summed E-state index contributed by atoms with van der Waals surface area (Å²) in [6.45, 7) is 6.77. The van der Waals surface area contributed by atoms with Crippen molar-refractivity contribution in [2.24, 2.45) is 11.7 Å². The minimum atomic E-state index is -0.593. The summed E-state index contributed by atoms with van der Waals surface area (Å²) >= 11 is 0. The van der Waals surface area contributed by atoms with E-state index in [4.69, 9.17) is 15.2 Å². The van der Waals surface area contributed by atoms with E-state index in [1.807, 2.05) is 18.7 Å². The molecule has 0 saturated carbocycles. The van der Waals surface area contributed by atoms with Crippen molar-refractivity contribution in [1.82, 2.24) is 5.32 Å². The molecule has 1 unspecified atom stereocenters. The van der Waals surface area contributed by atoms with Crippen LogP contribution in [0.2, 0.25) is 0 Å². The van der Waals surface area contributed by atoms with Crippen LogP contribution in [0.5, 0.6) is 0 Å². The van der Waals surface area contributed by atoms with Gasteiger partial charge in [0.25, 0.3) is 0 Å². The molecule has 2 saturated heterocycles. The SMILES string of the molecule is CC(C)C[C@H](N)C(=O)NCC1CN(c2ccc(N3CCOCC3)c(F)c2)C(=O)O1. The van der Waals surface area contributed by atoms with Crippen LogP contribution in [0.25, 0.3) is 0 Å². The zero-order valence-electron chi connectivity index (χ0n) is 16.9. The number of rotatable bonds is 7. The summed E-state index contributed by atoms with van der Waals surface area (Å²) in [6, 6.07) is 4.12. The number of hydrogen-bond acceptors (Lipinski definition) is 6. The van der Waals surface area contributed by atoms with Gasteiger partial charge >= 0.3 is 6.09 Å². The molecule has 3 N–H and O–H groups in total. The lowest BCUT2D eigenvalue weighted by Crippen LogP contribution is -2.44. The lowest BCUT2D eigenvalue weighted by Gasteiger charge is -2.29. The van der Waals surface area contributed by atoms with E-state index in [1.165, 1.54) is 11.0 Å². The molecule has 2 amide bonds. The maximum Gasteiger partial charge on any atom is 0.414 e. The minimum absolute atomic E-state index is 0.168. The van der Waals surface area contributed by atoms with Crippen molar-refractivity contribution in [3.05, 3.63) is 24.0 Å². The highest BCUT2D eigenvalue weighted by atomic mass is 19.1. The van der Waals surface area contributed by atoms with E-state index >= 15 is 0 Å². The molecule has 0 aliphatic carbocycles. The molecule has 0 radical (unpaired) electrons. The molecule has 9 heteroatoms. The van der Waals surface area contributed by atoms with E-state index in [-0.39, 0.29) is 19.0 Å². The van der Waals surface area contributed by atoms with Gasteiger partial charge in [0.1, 0.15) is 11.9 Å². The Morgan fingerprint density at radius 1 is 1.34 bits per heavy atom. The summed E-state index contributed by atoms with van der Waals surface area (Å²) < 4.78 is 25.2. The highest BCUT2D eigenvalue weighted by molar-refractivity contribution is 5.90. The standard InChI is InChI=1S/C20H29FN4O4/c1-13(2)9-17(22)19(26)23-11-15-12-25(20(27)29-15)14-3-4-18(16(21)10-14)24-5-7-28-8-6-24/h3-4,10,13,15,17H,5-9,11-12,22H2,1-2H3,(H,23,26)/t15?,17-/m0/s1. The lowest BCUT2D eigenvalue weighted by molar-refractivity contribution is -0.123. The average molecular weight is 408 g/mol. The van der Waals surface area contributed by atoms with Crippen molar-refractivity contribution < 1.29 is 23.5 Å². The monoisotopic (exact) mass is 408 g/mol. The molecule has 0 spiro atoms. The van der Waals surface area contributed by atoms with E-state index < -0.39 is 24.1 Å². The number of cyclic esters (lactones) is 1. The summed E-state index contributed by atoms with van der Waals surface area (Å²) in [4.78, 5) is 27.6. The normalized spacial score (nSPS) is 20.7. The van der Waals surface area contributed by atoms with Crippen molar-refractivity contribution in [2.75, 3.05) is 49.2 Å². The molecule has 0 aromatic heterocycles. The van der Waals surface area contributed by atoms with E-state index in [2.05, 4.69) is 5.32 Å². The molecular formula is C20H29FN4O4. The molecule has 2 aliphatic heterocycles. The number of anilines is 2. The van der Waals surface area contributed by atoms with Gasteiger partial charge in [-0.2, -0.15) is 0 Å². The number of hydrogen-bond donors (Lipinski definition) is 2. The maximum atomic E-state index is 14.6. The lowest BCUT2D eigenvalue weighted by atomic mass is 10.0. The summed E-state index contributed by atoms with van der Waals surface area (Å²) in [5.41, 5.74) is 6.78. The molecule has 29 heavy (non-hydrogen) atoms. The van der Waals surface area contributed by atoms with Gasteiger partial charge in [0.15, 0.2) is 0 Å². The number of ether oxygens (including phenoxy) is 2. The van der Waals surface area contributed by atoms with Gasteiger partial charge in [-0.1, -0.05) is 13.8 Å². The summed E-state index contributed by atoms with van der Waals surface area (Å²) in [5.74, 6) is -0.353. The van der Waals surface area contributed by atoms with Gasteiger partial charge in [0.05, 0.1) is 43.7 Å². The number of nitrogens with zero attached hydrogens (tertiary/aromatic N) is 2. The Labute approximate surface area is 170 Å². The Kier molecular flexibility index (Phi) is 6.92. The van der Waals surface area contributed by atoms with E-state index in [0.717, 1.165) is 0 Å². The van der Waals surface area contributed by atoms with Crippen molar-refractivity contribution in [2.45, 2.75) is 32.4 Å². The van der Waals surface area contributed by atoms with Crippen LogP contribution in [0, 0.1) is 11.7 Å². The van der Waals surface area contributed by atoms with Crippen LogP contribution < -0.4 is 20.9 Å². The largest absolute Gasteiger partial charge is 0.442 e. The zero-order valence-corrected chi connectivity index (χ0v) is 16.9.